The van der Waals surface area contributed by atoms with Gasteiger partial charge in [-0.3, -0.25) is 10.1 Å². The highest BCUT2D eigenvalue weighted by atomic mass is 32.1. The molecule has 0 radical (unpaired) electrons. The lowest BCUT2D eigenvalue weighted by Gasteiger charge is -2.25. The van der Waals surface area contributed by atoms with E-state index >= 15 is 0 Å². The summed E-state index contributed by atoms with van der Waals surface area (Å²) in [5.41, 5.74) is -0.403. The van der Waals surface area contributed by atoms with Crippen molar-refractivity contribution < 1.29 is 4.79 Å². The summed E-state index contributed by atoms with van der Waals surface area (Å²) in [4.78, 5) is 16.3. The third-order valence-corrected chi connectivity index (χ3v) is 3.75. The summed E-state index contributed by atoms with van der Waals surface area (Å²) in [6.45, 7) is 4.76. The van der Waals surface area contributed by atoms with Crippen LogP contribution in [0.4, 0.5) is 5.13 Å². The van der Waals surface area contributed by atoms with E-state index in [0.29, 0.717) is 11.0 Å². The normalized spacial score (nSPS) is 24.6. The number of aryl methyl sites for hydroxylation is 1. The number of carbonyl (C=O) groups is 1. The molecule has 6 heteroatoms. The van der Waals surface area contributed by atoms with E-state index in [1.807, 2.05) is 13.8 Å². The van der Waals surface area contributed by atoms with Crippen molar-refractivity contribution in [1.29, 1.82) is 0 Å². The third kappa shape index (κ3) is 2.08. The van der Waals surface area contributed by atoms with Gasteiger partial charge in [0.25, 0.3) is 0 Å². The summed E-state index contributed by atoms with van der Waals surface area (Å²) in [5, 5.41) is 6.72. The highest BCUT2D eigenvalue weighted by molar-refractivity contribution is 7.09. The smallest absolute Gasteiger partial charge is 0.246 e. The number of carbonyl (C=O) groups excluding carboxylic acids is 1. The Morgan fingerprint density at radius 1 is 1.69 bits per heavy atom. The Labute approximate surface area is 98.8 Å². The fourth-order valence-electron chi connectivity index (χ4n) is 2.03. The van der Waals surface area contributed by atoms with Gasteiger partial charge in [-0.05, 0) is 32.7 Å². The predicted octanol–water partition coefficient (Wildman–Crippen LogP) is 1.32. The molecule has 2 heterocycles. The van der Waals surface area contributed by atoms with Crippen LogP contribution in [-0.4, -0.2) is 27.3 Å². The summed E-state index contributed by atoms with van der Waals surface area (Å²) in [6, 6.07) is 0. The van der Waals surface area contributed by atoms with E-state index in [1.165, 1.54) is 11.5 Å². The lowest BCUT2D eigenvalue weighted by atomic mass is 9.93. The maximum Gasteiger partial charge on any atom is 0.246 e. The molecule has 0 aliphatic carbocycles. The fourth-order valence-corrected chi connectivity index (χ4v) is 2.60. The number of nitrogens with zero attached hydrogens (tertiary/aromatic N) is 2. The minimum atomic E-state index is -0.403. The summed E-state index contributed by atoms with van der Waals surface area (Å²) in [6.07, 6.45) is 2.75. The highest BCUT2D eigenvalue weighted by Gasteiger charge is 2.39. The first kappa shape index (κ1) is 11.5. The first-order chi connectivity index (χ1) is 7.66. The first-order valence-electron chi connectivity index (χ1n) is 5.53. The van der Waals surface area contributed by atoms with E-state index in [-0.39, 0.29) is 5.91 Å². The molecule has 1 aliphatic rings. The standard InChI is InChI=1S/C10H16N4OS/c1-3-10(5-4-6-11-10)8(15)13-9-12-7(2)14-16-9/h11H,3-6H2,1-2H3,(H,12,13,14,15). The predicted molar refractivity (Wildman–Crippen MR) is 63.5 cm³/mol. The minimum Gasteiger partial charge on any atom is -0.303 e. The Morgan fingerprint density at radius 3 is 3.00 bits per heavy atom. The zero-order valence-corrected chi connectivity index (χ0v) is 10.4. The Balaban J connectivity index is 2.07. The first-order valence-corrected chi connectivity index (χ1v) is 6.30. The molecule has 0 bridgehead atoms. The molecule has 0 aromatic carbocycles. The molecule has 1 aromatic heterocycles. The molecule has 0 saturated carbocycles. The van der Waals surface area contributed by atoms with Gasteiger partial charge in [-0.1, -0.05) is 6.92 Å². The zero-order valence-electron chi connectivity index (χ0n) is 9.54. The SMILES string of the molecule is CCC1(C(=O)Nc2nc(C)ns2)CCCN1. The van der Waals surface area contributed by atoms with Crippen molar-refractivity contribution in [3.63, 3.8) is 0 Å². The van der Waals surface area contributed by atoms with Crippen LogP contribution in [0.5, 0.6) is 0 Å². The number of nitrogens with one attached hydrogen (secondary N) is 2. The average Bonchev–Trinajstić information content (AvgIpc) is 2.88. The fraction of sp³-hybridized carbons (Fsp3) is 0.700. The molecule has 1 fully saturated rings. The van der Waals surface area contributed by atoms with Gasteiger partial charge in [-0.2, -0.15) is 4.37 Å². The zero-order chi connectivity index (χ0) is 11.6. The second kappa shape index (κ2) is 4.47. The average molecular weight is 240 g/mol. The van der Waals surface area contributed by atoms with Gasteiger partial charge in [0.15, 0.2) is 0 Å². The van der Waals surface area contributed by atoms with E-state index in [4.69, 9.17) is 0 Å². The number of hydrogen-bond acceptors (Lipinski definition) is 5. The Hall–Kier alpha value is -1.01. The summed E-state index contributed by atoms with van der Waals surface area (Å²) in [5.74, 6) is 0.717. The molecule has 16 heavy (non-hydrogen) atoms. The van der Waals surface area contributed by atoms with Crippen molar-refractivity contribution in [2.75, 3.05) is 11.9 Å². The van der Waals surface area contributed by atoms with Crippen LogP contribution in [0.25, 0.3) is 0 Å². The van der Waals surface area contributed by atoms with Crippen LogP contribution in [0.2, 0.25) is 0 Å². The molecule has 88 valence electrons. The van der Waals surface area contributed by atoms with E-state index in [9.17, 15) is 4.79 Å². The number of aromatic nitrogens is 2. The van der Waals surface area contributed by atoms with Gasteiger partial charge in [0.05, 0.1) is 5.54 Å². The van der Waals surface area contributed by atoms with Gasteiger partial charge >= 0.3 is 0 Å². The number of amides is 1. The summed E-state index contributed by atoms with van der Waals surface area (Å²) < 4.78 is 4.04. The lowest BCUT2D eigenvalue weighted by Crippen LogP contribution is -2.50. The van der Waals surface area contributed by atoms with Gasteiger partial charge in [-0.25, -0.2) is 4.98 Å². The van der Waals surface area contributed by atoms with Crippen LogP contribution < -0.4 is 10.6 Å². The molecule has 0 spiro atoms. The van der Waals surface area contributed by atoms with Crippen LogP contribution in [0.3, 0.4) is 0 Å². The van der Waals surface area contributed by atoms with Crippen LogP contribution in [0.1, 0.15) is 32.0 Å². The largest absolute Gasteiger partial charge is 0.303 e. The molecule has 1 atom stereocenters. The molecule has 1 unspecified atom stereocenters. The molecule has 5 nitrogen and oxygen atoms in total. The van der Waals surface area contributed by atoms with E-state index in [1.54, 1.807) is 0 Å². The Kier molecular flexibility index (Phi) is 3.20. The van der Waals surface area contributed by atoms with Gasteiger partial charge < -0.3 is 5.32 Å². The number of hydrogen-bond donors (Lipinski definition) is 2. The van der Waals surface area contributed by atoms with Gasteiger partial charge in [0, 0.05) is 11.5 Å². The molecule has 1 amide bonds. The van der Waals surface area contributed by atoms with E-state index < -0.39 is 5.54 Å². The summed E-state index contributed by atoms with van der Waals surface area (Å²) in [7, 11) is 0. The molecule has 1 aliphatic heterocycles. The van der Waals surface area contributed by atoms with Crippen molar-refractivity contribution in [2.45, 2.75) is 38.6 Å². The van der Waals surface area contributed by atoms with Gasteiger partial charge in [0.1, 0.15) is 5.82 Å². The maximum atomic E-state index is 12.1. The van der Waals surface area contributed by atoms with E-state index in [0.717, 1.165) is 25.8 Å². The molecule has 2 rings (SSSR count). The molecule has 1 saturated heterocycles. The van der Waals surface area contributed by atoms with Crippen LogP contribution in [-0.2, 0) is 4.79 Å². The Morgan fingerprint density at radius 2 is 2.50 bits per heavy atom. The summed E-state index contributed by atoms with van der Waals surface area (Å²) >= 11 is 1.23. The van der Waals surface area contributed by atoms with Gasteiger partial charge in [0.2, 0.25) is 11.0 Å². The highest BCUT2D eigenvalue weighted by Crippen LogP contribution is 2.25. The minimum absolute atomic E-state index is 0.0173. The molecule has 1 aromatic rings. The second-order valence-electron chi connectivity index (χ2n) is 4.07. The molecule has 2 N–H and O–H groups in total. The van der Waals surface area contributed by atoms with Crippen molar-refractivity contribution in [3.05, 3.63) is 5.82 Å². The quantitative estimate of drug-likeness (QED) is 0.836. The number of rotatable bonds is 3. The molecular formula is C10H16N4OS. The topological polar surface area (TPSA) is 66.9 Å². The van der Waals surface area contributed by atoms with Crippen LogP contribution >= 0.6 is 11.5 Å². The van der Waals surface area contributed by atoms with Crippen LogP contribution in [0, 0.1) is 6.92 Å². The van der Waals surface area contributed by atoms with Crippen molar-refractivity contribution in [2.24, 2.45) is 0 Å². The Bertz CT molecular complexity index is 384. The third-order valence-electron chi connectivity index (χ3n) is 3.03. The monoisotopic (exact) mass is 240 g/mol. The number of anilines is 1. The lowest BCUT2D eigenvalue weighted by molar-refractivity contribution is -0.122. The second-order valence-corrected chi connectivity index (χ2v) is 4.82. The molecular weight excluding hydrogens is 224 g/mol. The van der Waals surface area contributed by atoms with Gasteiger partial charge in [-0.15, -0.1) is 0 Å². The van der Waals surface area contributed by atoms with Crippen molar-refractivity contribution >= 4 is 22.6 Å². The van der Waals surface area contributed by atoms with Crippen molar-refractivity contribution in [3.8, 4) is 0 Å². The van der Waals surface area contributed by atoms with Crippen LogP contribution in [0.15, 0.2) is 0 Å². The maximum absolute atomic E-state index is 12.1. The van der Waals surface area contributed by atoms with E-state index in [2.05, 4.69) is 20.0 Å². The van der Waals surface area contributed by atoms with Crippen molar-refractivity contribution in [1.82, 2.24) is 14.7 Å².